The molecule has 0 aliphatic carbocycles. The molecule has 1 aliphatic rings. The second-order valence-corrected chi connectivity index (χ2v) is 11.1. The molecule has 1 unspecified atom stereocenters. The number of rotatable bonds is 7. The largest absolute Gasteiger partial charge is 0.414 e. The van der Waals surface area contributed by atoms with Crippen LogP contribution in [-0.4, -0.2) is 45.0 Å². The molecule has 0 saturated carbocycles. The Morgan fingerprint density at radius 1 is 1.06 bits per heavy atom. The van der Waals surface area contributed by atoms with E-state index in [1.54, 1.807) is 30.9 Å². The van der Waals surface area contributed by atoms with E-state index >= 15 is 0 Å². The lowest BCUT2D eigenvalue weighted by Crippen LogP contribution is -2.36. The lowest BCUT2D eigenvalue weighted by Gasteiger charge is -2.32. The van der Waals surface area contributed by atoms with E-state index < -0.39 is 26.7 Å². The third-order valence-electron chi connectivity index (χ3n) is 5.69. The maximum Gasteiger partial charge on any atom is 0.235 e. The number of nitrogens with two attached hydrogens (primary N) is 1. The molecule has 0 radical (unpaired) electrons. The van der Waals surface area contributed by atoms with Gasteiger partial charge in [0, 0.05) is 17.8 Å². The molecule has 3 aromatic rings. The van der Waals surface area contributed by atoms with Gasteiger partial charge in [-0.2, -0.15) is 5.10 Å². The molecule has 0 spiro atoms. The molecule has 0 aromatic carbocycles. The van der Waals surface area contributed by atoms with Gasteiger partial charge in [0.15, 0.2) is 0 Å². The van der Waals surface area contributed by atoms with E-state index in [2.05, 4.69) is 46.9 Å². The summed E-state index contributed by atoms with van der Waals surface area (Å²) in [5, 5.41) is 14.4. The summed E-state index contributed by atoms with van der Waals surface area (Å²) in [6.45, 7) is 10.5. The topological polar surface area (TPSA) is 124 Å². The van der Waals surface area contributed by atoms with Gasteiger partial charge in [-0.25, -0.2) is 15.0 Å². The number of halogens is 1. The molecule has 174 valence electrons. The molecular weight excluding hydrogens is 533 g/mol. The molecule has 0 amide bonds. The van der Waals surface area contributed by atoms with Crippen molar-refractivity contribution >= 4 is 36.5 Å². The molecule has 3 aromatic heterocycles. The van der Waals surface area contributed by atoms with Crippen molar-refractivity contribution in [3.05, 3.63) is 54.2 Å². The summed E-state index contributed by atoms with van der Waals surface area (Å²) in [4.78, 5) is 18.0. The Morgan fingerprint density at radius 3 is 2.42 bits per heavy atom. The van der Waals surface area contributed by atoms with Gasteiger partial charge in [0.25, 0.3) is 0 Å². The minimum absolute atomic E-state index is 0.278. The van der Waals surface area contributed by atoms with Crippen LogP contribution in [0.3, 0.4) is 0 Å². The molecule has 4 heterocycles. The molecule has 10 heteroatoms. The second kappa shape index (κ2) is 8.90. The Kier molecular flexibility index (Phi) is 6.32. The molecule has 9 nitrogen and oxygen atoms in total. The number of aliphatic hydroxyl groups is 1. The predicted octanol–water partition coefficient (Wildman–Crippen LogP) is 3.49. The third kappa shape index (κ3) is 4.96. The normalized spacial score (nSPS) is 16.0. The van der Waals surface area contributed by atoms with Gasteiger partial charge in [0.1, 0.15) is 36.3 Å². The SMILES string of the molecule is CC(C)C(C)(C1=IOC(c2cnn(CC(C)(C)O)c2)=N1)c1ccc(-c2cnc(N)cn2)nc1. The van der Waals surface area contributed by atoms with Gasteiger partial charge in [-0.3, -0.25) is 9.67 Å². The summed E-state index contributed by atoms with van der Waals surface area (Å²) in [5.41, 5.74) is 7.77. The van der Waals surface area contributed by atoms with Crippen molar-refractivity contribution in [1.82, 2.24) is 24.7 Å². The Bertz CT molecular complexity index is 1190. The van der Waals surface area contributed by atoms with Crippen LogP contribution in [-0.2, 0) is 15.0 Å². The number of aliphatic imine (C=N–C) groups is 1. The minimum Gasteiger partial charge on any atom is -0.414 e. The number of anilines is 1. The average Bonchev–Trinajstić information content (AvgIpc) is 3.42. The molecule has 33 heavy (non-hydrogen) atoms. The lowest BCUT2D eigenvalue weighted by molar-refractivity contribution is 0.0577. The van der Waals surface area contributed by atoms with Crippen LogP contribution in [0.2, 0.25) is 0 Å². The van der Waals surface area contributed by atoms with Crippen molar-refractivity contribution in [3.63, 3.8) is 0 Å². The molecule has 1 aliphatic heterocycles. The fourth-order valence-corrected chi connectivity index (χ4v) is 5.95. The predicted molar refractivity (Wildman–Crippen MR) is 137 cm³/mol. The highest BCUT2D eigenvalue weighted by Crippen LogP contribution is 2.39. The van der Waals surface area contributed by atoms with Crippen LogP contribution in [0, 0.1) is 5.92 Å². The first-order valence-corrected chi connectivity index (χ1v) is 12.6. The van der Waals surface area contributed by atoms with Gasteiger partial charge in [-0.1, -0.05) is 19.9 Å². The van der Waals surface area contributed by atoms with E-state index in [0.29, 0.717) is 24.0 Å². The first-order valence-electron chi connectivity index (χ1n) is 10.6. The summed E-state index contributed by atoms with van der Waals surface area (Å²) in [7, 11) is 0. The van der Waals surface area contributed by atoms with Crippen LogP contribution in [0.4, 0.5) is 5.82 Å². The van der Waals surface area contributed by atoms with E-state index in [0.717, 1.165) is 20.5 Å². The zero-order valence-electron chi connectivity index (χ0n) is 19.3. The Balaban J connectivity index is 1.60. The lowest BCUT2D eigenvalue weighted by atomic mass is 9.74. The number of nitrogens with zero attached hydrogens (tertiary/aromatic N) is 6. The second-order valence-electron chi connectivity index (χ2n) is 9.22. The van der Waals surface area contributed by atoms with Gasteiger partial charge in [0.2, 0.25) is 5.90 Å². The van der Waals surface area contributed by atoms with Crippen LogP contribution in [0.25, 0.3) is 11.4 Å². The molecule has 0 fully saturated rings. The van der Waals surface area contributed by atoms with Crippen LogP contribution in [0.1, 0.15) is 45.7 Å². The fraction of sp³-hybridized carbons (Fsp3) is 0.391. The summed E-state index contributed by atoms with van der Waals surface area (Å²) in [5.74, 6) is 1.25. The molecule has 0 saturated heterocycles. The van der Waals surface area contributed by atoms with Crippen molar-refractivity contribution in [3.8, 4) is 11.4 Å². The molecule has 0 bridgehead atoms. The third-order valence-corrected chi connectivity index (χ3v) is 8.11. The number of nitrogen functional groups attached to an aromatic ring is 1. The van der Waals surface area contributed by atoms with Crippen LogP contribution in [0.5, 0.6) is 0 Å². The molecule has 4 rings (SSSR count). The highest BCUT2D eigenvalue weighted by molar-refractivity contribution is 14.2. The monoisotopic (exact) mass is 561 g/mol. The van der Waals surface area contributed by atoms with Gasteiger partial charge in [0.05, 0.1) is 42.0 Å². The maximum absolute atomic E-state index is 10.0. The number of hydrogen-bond acceptors (Lipinski definition) is 8. The van der Waals surface area contributed by atoms with Gasteiger partial charge in [-0.05, 0) is 38.3 Å². The zero-order chi connectivity index (χ0) is 23.8. The molecular formula is C23H28IN7O2. The van der Waals surface area contributed by atoms with Gasteiger partial charge >= 0.3 is 0 Å². The van der Waals surface area contributed by atoms with Crippen molar-refractivity contribution in [2.45, 2.75) is 52.2 Å². The van der Waals surface area contributed by atoms with Crippen LogP contribution in [0.15, 0.2) is 48.1 Å². The van der Waals surface area contributed by atoms with Gasteiger partial charge < -0.3 is 13.9 Å². The Morgan fingerprint density at radius 2 is 1.82 bits per heavy atom. The smallest absolute Gasteiger partial charge is 0.235 e. The summed E-state index contributed by atoms with van der Waals surface area (Å²) in [6, 6.07) is 4.03. The summed E-state index contributed by atoms with van der Waals surface area (Å²) < 4.78 is 8.83. The number of hydrogen-bond donors (Lipinski definition) is 2. The van der Waals surface area contributed by atoms with E-state index in [1.165, 1.54) is 6.20 Å². The number of aromatic nitrogens is 5. The van der Waals surface area contributed by atoms with E-state index in [-0.39, 0.29) is 11.3 Å². The van der Waals surface area contributed by atoms with Crippen LogP contribution >= 0.6 is 21.1 Å². The Hall–Kier alpha value is -2.73. The highest BCUT2D eigenvalue weighted by atomic mass is 127. The van der Waals surface area contributed by atoms with Crippen LogP contribution < -0.4 is 5.73 Å². The quantitative estimate of drug-likeness (QED) is 0.423. The molecule has 1 atom stereocenters. The number of pyridine rings is 1. The standard InChI is InChI=1S/C23H28IN7O2/c1-14(2)23(5,16-6-7-17(26-9-16)18-10-28-19(25)11-27-18)21-24-33-20(30-21)15-8-29-31(12-15)13-22(3,4)32/h6-12,14,32H,13H2,1-5H3,(H2,25,28). The van der Waals surface area contributed by atoms with Crippen molar-refractivity contribution in [2.24, 2.45) is 10.9 Å². The van der Waals surface area contributed by atoms with E-state index in [1.807, 2.05) is 18.5 Å². The highest BCUT2D eigenvalue weighted by Gasteiger charge is 2.39. The summed E-state index contributed by atoms with van der Waals surface area (Å²) >= 11 is -0.751. The maximum atomic E-state index is 10.0. The zero-order valence-corrected chi connectivity index (χ0v) is 21.5. The van der Waals surface area contributed by atoms with Crippen molar-refractivity contribution in [1.29, 1.82) is 0 Å². The fourth-order valence-electron chi connectivity index (χ4n) is 3.47. The first-order chi connectivity index (χ1) is 15.6. The minimum atomic E-state index is -0.848. The van der Waals surface area contributed by atoms with E-state index in [9.17, 15) is 5.11 Å². The van der Waals surface area contributed by atoms with Crippen molar-refractivity contribution < 1.29 is 8.17 Å². The van der Waals surface area contributed by atoms with Crippen molar-refractivity contribution in [2.75, 3.05) is 5.73 Å². The molecule has 3 N–H and O–H groups in total. The summed E-state index contributed by atoms with van der Waals surface area (Å²) in [6.07, 6.45) is 8.63. The Labute approximate surface area is 203 Å². The first kappa shape index (κ1) is 23.4. The van der Waals surface area contributed by atoms with Gasteiger partial charge in [-0.15, -0.1) is 0 Å². The average molecular weight is 561 g/mol. The van der Waals surface area contributed by atoms with E-state index in [4.69, 9.17) is 13.8 Å².